The van der Waals surface area contributed by atoms with Gasteiger partial charge in [0.05, 0.1) is 6.61 Å². The number of aliphatic hydroxyl groups excluding tert-OH is 1. The Balaban J connectivity index is 3.36. The highest BCUT2D eigenvalue weighted by Gasteiger charge is 2.38. The van der Waals surface area contributed by atoms with Crippen LogP contribution in [0.3, 0.4) is 0 Å². The number of hydrogen-bond donors (Lipinski definition) is 3. The van der Waals surface area contributed by atoms with E-state index in [-0.39, 0.29) is 11.9 Å². The van der Waals surface area contributed by atoms with E-state index in [4.69, 9.17) is 4.74 Å². The molecule has 0 saturated carbocycles. The normalized spacial score (nSPS) is 13.2. The van der Waals surface area contributed by atoms with Gasteiger partial charge in [-0.2, -0.15) is 0 Å². The number of ether oxygens (including phenoxy) is 1. The minimum absolute atomic E-state index is 0.291. The third-order valence-electron chi connectivity index (χ3n) is 5.32. The number of alkyl carbamates (subject to hydrolysis) is 1. The third kappa shape index (κ3) is 8.97. The first-order valence-electron chi connectivity index (χ1n) is 12.1. The average Bonchev–Trinajstić information content (AvgIpc) is 2.73. The fourth-order valence-electron chi connectivity index (χ4n) is 3.65. The molecule has 0 heterocycles. The summed E-state index contributed by atoms with van der Waals surface area (Å²) in [5.74, 6) is -0.848. The minimum atomic E-state index is -1.25. The van der Waals surface area contributed by atoms with Crippen molar-refractivity contribution in [2.75, 3.05) is 13.2 Å². The topological polar surface area (TPSA) is 108 Å². The molecule has 8 heteroatoms. The largest absolute Gasteiger partial charge is 0.444 e. The molecule has 2 unspecified atom stereocenters. The van der Waals surface area contributed by atoms with Gasteiger partial charge in [-0.3, -0.25) is 9.59 Å². The highest BCUT2D eigenvalue weighted by molar-refractivity contribution is 5.92. The molecule has 1 aromatic rings. The second kappa shape index (κ2) is 13.3. The van der Waals surface area contributed by atoms with Crippen LogP contribution in [0.15, 0.2) is 18.2 Å². The molecule has 0 aromatic heterocycles. The Hall–Kier alpha value is -2.61. The van der Waals surface area contributed by atoms with Crippen LogP contribution in [0.1, 0.15) is 83.5 Å². The van der Waals surface area contributed by atoms with E-state index in [0.717, 1.165) is 30.4 Å². The summed E-state index contributed by atoms with van der Waals surface area (Å²) in [7, 11) is 0. The lowest BCUT2D eigenvalue weighted by Gasteiger charge is -2.37. The highest BCUT2D eigenvalue weighted by Crippen LogP contribution is 2.28. The Labute approximate surface area is 204 Å². The van der Waals surface area contributed by atoms with E-state index in [9.17, 15) is 19.5 Å². The molecule has 0 aliphatic heterocycles. The van der Waals surface area contributed by atoms with Crippen LogP contribution in [0, 0.1) is 13.8 Å². The van der Waals surface area contributed by atoms with Gasteiger partial charge in [0.2, 0.25) is 11.8 Å². The van der Waals surface area contributed by atoms with E-state index < -0.39 is 36.3 Å². The van der Waals surface area contributed by atoms with E-state index >= 15 is 0 Å². The van der Waals surface area contributed by atoms with Crippen LogP contribution < -0.4 is 10.6 Å². The first kappa shape index (κ1) is 29.4. The van der Waals surface area contributed by atoms with Crippen molar-refractivity contribution >= 4 is 17.9 Å². The summed E-state index contributed by atoms with van der Waals surface area (Å²) in [4.78, 5) is 40.8. The van der Waals surface area contributed by atoms with Gasteiger partial charge in [-0.15, -0.1) is 0 Å². The van der Waals surface area contributed by atoms with Crippen LogP contribution in [0.2, 0.25) is 0 Å². The van der Waals surface area contributed by atoms with Gasteiger partial charge in [0.25, 0.3) is 0 Å². The van der Waals surface area contributed by atoms with Crippen molar-refractivity contribution in [3.05, 3.63) is 34.9 Å². The van der Waals surface area contributed by atoms with Crippen molar-refractivity contribution in [2.45, 2.75) is 98.4 Å². The third-order valence-corrected chi connectivity index (χ3v) is 5.32. The van der Waals surface area contributed by atoms with E-state index in [2.05, 4.69) is 17.6 Å². The van der Waals surface area contributed by atoms with Gasteiger partial charge >= 0.3 is 6.09 Å². The lowest BCUT2D eigenvalue weighted by Crippen LogP contribution is -2.56. The van der Waals surface area contributed by atoms with Crippen LogP contribution in [0.25, 0.3) is 0 Å². The van der Waals surface area contributed by atoms with Crippen LogP contribution in [-0.4, -0.2) is 58.8 Å². The molecule has 0 bridgehead atoms. The summed E-state index contributed by atoms with van der Waals surface area (Å²) in [6.45, 7) is 14.6. The molecule has 0 radical (unpaired) electrons. The molecule has 0 spiro atoms. The number of carbonyl (C=O) groups is 3. The van der Waals surface area contributed by atoms with Crippen LogP contribution >= 0.6 is 0 Å². The first-order valence-corrected chi connectivity index (χ1v) is 12.1. The fourth-order valence-corrected chi connectivity index (χ4v) is 3.65. The molecule has 3 N–H and O–H groups in total. The summed E-state index contributed by atoms with van der Waals surface area (Å²) in [6.07, 6.45) is 2.06. The zero-order valence-electron chi connectivity index (χ0n) is 22.0. The number of benzene rings is 1. The SMILES string of the molecule is CCCCCNC(=O)C(c1cc(C)ccc1C)N(C(=O)C(CO)NC(=O)OC(C)(C)C)C(C)C. The predicted octanol–water partition coefficient (Wildman–Crippen LogP) is 3.77. The molecule has 34 heavy (non-hydrogen) atoms. The number of carbonyl (C=O) groups excluding carboxylic acids is 3. The maximum absolute atomic E-state index is 13.6. The van der Waals surface area contributed by atoms with Crippen LogP contribution in [0.4, 0.5) is 4.79 Å². The van der Waals surface area contributed by atoms with Crippen molar-refractivity contribution in [1.82, 2.24) is 15.5 Å². The number of aryl methyl sites for hydroxylation is 2. The summed E-state index contributed by atoms with van der Waals surface area (Å²) in [6, 6.07) is 3.24. The Morgan fingerprint density at radius 2 is 1.76 bits per heavy atom. The molecule has 0 fully saturated rings. The number of rotatable bonds is 11. The molecular formula is C26H43N3O5. The Morgan fingerprint density at radius 1 is 1.12 bits per heavy atom. The van der Waals surface area contributed by atoms with Gasteiger partial charge in [-0.1, -0.05) is 43.5 Å². The first-order chi connectivity index (χ1) is 15.8. The standard InChI is InChI=1S/C26H43N3O5/c1-9-10-11-14-27-23(31)22(20-15-18(4)12-13-19(20)5)29(17(2)3)24(32)21(16-30)28-25(33)34-26(6,7)8/h12-13,15,17,21-22,30H,9-11,14,16H2,1-8H3,(H,27,31)(H,28,33). The van der Waals surface area contributed by atoms with E-state index in [1.54, 1.807) is 20.8 Å². The van der Waals surface area contributed by atoms with Gasteiger partial charge < -0.3 is 25.4 Å². The zero-order valence-corrected chi connectivity index (χ0v) is 22.0. The number of unbranched alkanes of at least 4 members (excludes halogenated alkanes) is 2. The molecule has 1 rings (SSSR count). The monoisotopic (exact) mass is 477 g/mol. The number of nitrogens with one attached hydrogen (secondary N) is 2. The van der Waals surface area contributed by atoms with Gasteiger partial charge in [0.15, 0.2) is 0 Å². The average molecular weight is 478 g/mol. The van der Waals surface area contributed by atoms with Crippen molar-refractivity contribution in [3.63, 3.8) is 0 Å². The summed E-state index contributed by atoms with van der Waals surface area (Å²) in [5.41, 5.74) is 1.79. The summed E-state index contributed by atoms with van der Waals surface area (Å²) >= 11 is 0. The van der Waals surface area contributed by atoms with Gasteiger partial charge in [0.1, 0.15) is 17.7 Å². The Bertz CT molecular complexity index is 832. The maximum Gasteiger partial charge on any atom is 0.408 e. The van der Waals surface area contributed by atoms with Crippen LogP contribution in [-0.2, 0) is 14.3 Å². The quantitative estimate of drug-likeness (QED) is 0.421. The number of hydrogen-bond acceptors (Lipinski definition) is 5. The van der Waals surface area contributed by atoms with Crippen molar-refractivity contribution in [1.29, 1.82) is 0 Å². The van der Waals surface area contributed by atoms with Gasteiger partial charge in [-0.05, 0) is 66.0 Å². The summed E-state index contributed by atoms with van der Waals surface area (Å²) < 4.78 is 5.25. The molecular weight excluding hydrogens is 434 g/mol. The Morgan fingerprint density at radius 3 is 2.29 bits per heavy atom. The van der Waals surface area contributed by atoms with E-state index in [1.807, 2.05) is 45.9 Å². The zero-order chi connectivity index (χ0) is 26.1. The molecule has 192 valence electrons. The minimum Gasteiger partial charge on any atom is -0.444 e. The molecule has 1 aromatic carbocycles. The van der Waals surface area contributed by atoms with Crippen molar-refractivity contribution in [2.24, 2.45) is 0 Å². The van der Waals surface area contributed by atoms with E-state index in [0.29, 0.717) is 12.1 Å². The van der Waals surface area contributed by atoms with Crippen molar-refractivity contribution in [3.8, 4) is 0 Å². The molecule has 3 amide bonds. The second-order valence-corrected chi connectivity index (χ2v) is 9.98. The molecule has 2 atom stereocenters. The number of amides is 3. The molecule has 8 nitrogen and oxygen atoms in total. The van der Waals surface area contributed by atoms with Gasteiger partial charge in [-0.25, -0.2) is 4.79 Å². The predicted molar refractivity (Wildman–Crippen MR) is 133 cm³/mol. The Kier molecular flexibility index (Phi) is 11.5. The second-order valence-electron chi connectivity index (χ2n) is 9.98. The number of nitrogens with zero attached hydrogens (tertiary/aromatic N) is 1. The fraction of sp³-hybridized carbons (Fsp3) is 0.654. The summed E-state index contributed by atoms with van der Waals surface area (Å²) in [5, 5.41) is 15.4. The molecule has 0 aliphatic carbocycles. The smallest absolute Gasteiger partial charge is 0.408 e. The van der Waals surface area contributed by atoms with Crippen molar-refractivity contribution < 1.29 is 24.2 Å². The lowest BCUT2D eigenvalue weighted by molar-refractivity contribution is -0.145. The van der Waals surface area contributed by atoms with E-state index in [1.165, 1.54) is 4.90 Å². The maximum atomic E-state index is 13.6. The highest BCUT2D eigenvalue weighted by atomic mass is 16.6. The van der Waals surface area contributed by atoms with Gasteiger partial charge in [0, 0.05) is 12.6 Å². The lowest BCUT2D eigenvalue weighted by atomic mass is 9.95. The molecule has 0 saturated heterocycles. The number of aliphatic hydroxyl groups is 1. The molecule has 0 aliphatic rings. The van der Waals surface area contributed by atoms with Crippen LogP contribution in [0.5, 0.6) is 0 Å².